The summed E-state index contributed by atoms with van der Waals surface area (Å²) in [6.07, 6.45) is 19.2. The zero-order chi connectivity index (χ0) is 25.4. The molecule has 1 unspecified atom stereocenters. The molecule has 0 aliphatic heterocycles. The topological polar surface area (TPSA) is 90.7 Å². The minimum Gasteiger partial charge on any atom is -0.493 e. The van der Waals surface area contributed by atoms with Gasteiger partial charge >= 0.3 is 0 Å². The van der Waals surface area contributed by atoms with Crippen LogP contribution in [0.1, 0.15) is 72.1 Å². The van der Waals surface area contributed by atoms with Crippen LogP contribution in [-0.2, 0) is 9.63 Å². The Bertz CT molecular complexity index is 706. The molecule has 192 valence electrons. The fraction of sp³-hybridized carbons (Fsp3) is 0.577. The number of carbonyl (C=O) groups is 1. The molecule has 0 saturated heterocycles. The molecule has 0 heterocycles. The second kappa shape index (κ2) is 22.3. The van der Waals surface area contributed by atoms with Gasteiger partial charge in [-0.1, -0.05) is 74.6 Å². The molecule has 8 heteroatoms. The predicted octanol–water partition coefficient (Wildman–Crippen LogP) is 6.94. The van der Waals surface area contributed by atoms with E-state index in [1.807, 2.05) is 24.3 Å². The van der Waals surface area contributed by atoms with Crippen molar-refractivity contribution in [3.63, 3.8) is 0 Å². The molecule has 0 spiro atoms. The normalized spacial score (nSPS) is 14.0. The van der Waals surface area contributed by atoms with Crippen LogP contribution in [0.25, 0.3) is 0 Å². The van der Waals surface area contributed by atoms with Gasteiger partial charge in [0.05, 0.1) is 6.61 Å². The third kappa shape index (κ3) is 20.1. The molecule has 1 N–H and O–H groups in total. The van der Waals surface area contributed by atoms with Gasteiger partial charge in [-0.15, -0.1) is 10.1 Å². The smallest absolute Gasteiger partial charge is 0.294 e. The van der Waals surface area contributed by atoms with Crippen LogP contribution in [0, 0.1) is 16.0 Å². The summed E-state index contributed by atoms with van der Waals surface area (Å²) in [7, 11) is 0. The highest BCUT2D eigenvalue weighted by molar-refractivity contribution is 6.30. The molecule has 1 aliphatic carbocycles. The van der Waals surface area contributed by atoms with Crippen molar-refractivity contribution in [2.75, 3.05) is 13.2 Å². The Morgan fingerprint density at radius 3 is 2.59 bits per heavy atom. The summed E-state index contributed by atoms with van der Waals surface area (Å²) in [4.78, 5) is 23.4. The van der Waals surface area contributed by atoms with Crippen LogP contribution >= 0.6 is 11.6 Å². The number of halogens is 1. The summed E-state index contributed by atoms with van der Waals surface area (Å²) in [6, 6.07) is 7.55. The number of nitrogens with one attached hydrogen (secondary N) is 1. The van der Waals surface area contributed by atoms with E-state index in [-0.39, 0.29) is 6.54 Å². The van der Waals surface area contributed by atoms with Crippen molar-refractivity contribution in [3.05, 3.63) is 63.7 Å². The summed E-state index contributed by atoms with van der Waals surface area (Å²) in [6.45, 7) is 6.63. The predicted molar refractivity (Wildman–Crippen MR) is 139 cm³/mol. The minimum atomic E-state index is -0.892. The first-order valence-corrected chi connectivity index (χ1v) is 12.4. The fourth-order valence-corrected chi connectivity index (χ4v) is 3.31. The molecule has 1 aromatic rings. The fourth-order valence-electron chi connectivity index (χ4n) is 3.13. The summed E-state index contributed by atoms with van der Waals surface area (Å²) in [5, 5.41) is 11.7. The molecular formula is C26H41ClN2O5. The molecule has 1 saturated carbocycles. The highest BCUT2D eigenvalue weighted by Gasteiger charge is 2.10. The summed E-state index contributed by atoms with van der Waals surface area (Å²) >= 11 is 5.88. The quantitative estimate of drug-likeness (QED) is 0.105. The van der Waals surface area contributed by atoms with E-state index in [0.717, 1.165) is 29.7 Å². The lowest BCUT2D eigenvalue weighted by Gasteiger charge is -2.06. The van der Waals surface area contributed by atoms with Crippen LogP contribution in [0.4, 0.5) is 0 Å². The maximum Gasteiger partial charge on any atom is 0.294 e. The Morgan fingerprint density at radius 2 is 2.00 bits per heavy atom. The van der Waals surface area contributed by atoms with E-state index in [4.69, 9.17) is 16.3 Å². The average Bonchev–Trinajstić information content (AvgIpc) is 3.32. The largest absolute Gasteiger partial charge is 0.493 e. The van der Waals surface area contributed by atoms with Gasteiger partial charge in [-0.3, -0.25) is 4.79 Å². The Balaban J connectivity index is 0.000000546. The number of allylic oxidation sites excluding steroid dienone is 3. The van der Waals surface area contributed by atoms with Gasteiger partial charge in [0.1, 0.15) is 11.9 Å². The third-order valence-electron chi connectivity index (χ3n) is 4.87. The van der Waals surface area contributed by atoms with Crippen LogP contribution in [0.2, 0.25) is 5.02 Å². The van der Waals surface area contributed by atoms with Crippen molar-refractivity contribution in [1.82, 2.24) is 5.32 Å². The maximum atomic E-state index is 9.66. The van der Waals surface area contributed by atoms with Crippen LogP contribution in [0.5, 0.6) is 5.75 Å². The number of rotatable bonds is 13. The van der Waals surface area contributed by atoms with Gasteiger partial charge < -0.3 is 14.9 Å². The number of carbonyl (C=O) groups excluding carboxylic acids is 1. The highest BCUT2D eigenvalue weighted by Crippen LogP contribution is 2.25. The molecule has 1 fully saturated rings. The molecule has 0 aromatic heterocycles. The lowest BCUT2D eigenvalue weighted by molar-refractivity contribution is -0.767. The molecule has 2 rings (SSSR count). The zero-order valence-electron chi connectivity index (χ0n) is 20.8. The highest BCUT2D eigenvalue weighted by atomic mass is 35.5. The average molecular weight is 497 g/mol. The van der Waals surface area contributed by atoms with Gasteiger partial charge in [0.25, 0.3) is 5.09 Å². The number of nitrogens with zero attached hydrogens (tertiary/aromatic N) is 1. The van der Waals surface area contributed by atoms with E-state index < -0.39 is 11.2 Å². The van der Waals surface area contributed by atoms with E-state index in [9.17, 15) is 14.9 Å². The standard InChI is InChI=1S/C15H19ClO.C7H14.C4H8N2O4/c16-14-9-5-10-15(12-14)17-11-4-3-8-13-6-1-2-7-13;1-3-5-7-6-4-2;1-4(2-5-3-7)10-6(8)9/h3,5,8-10,12-13H,1-2,4,6-7,11H2;3,5H,4,6-7H2,1-2H3;3-4H,2H2,1H3,(H,5,7)/b8-3+;5-3-;. The van der Waals surface area contributed by atoms with Crippen LogP contribution in [0.15, 0.2) is 48.6 Å². The van der Waals surface area contributed by atoms with Crippen molar-refractivity contribution in [2.24, 2.45) is 5.92 Å². The number of benzene rings is 1. The third-order valence-corrected chi connectivity index (χ3v) is 5.11. The molecule has 1 aromatic carbocycles. The van der Waals surface area contributed by atoms with Crippen molar-refractivity contribution < 1.29 is 19.5 Å². The van der Waals surface area contributed by atoms with Crippen molar-refractivity contribution in [3.8, 4) is 5.75 Å². The van der Waals surface area contributed by atoms with Gasteiger partial charge in [-0.05, 0) is 63.6 Å². The lowest BCUT2D eigenvalue weighted by atomic mass is 10.1. The molecule has 34 heavy (non-hydrogen) atoms. The molecule has 0 bridgehead atoms. The second-order valence-corrected chi connectivity index (χ2v) is 8.38. The SMILES string of the molecule is C/C=C\CCCC.CC(CNC=O)O[N+](=O)[O-].Clc1cccc(OCC/C=C/C2CCCC2)c1. The Kier molecular flexibility index (Phi) is 20.6. The first kappa shape index (κ1) is 31.5. The summed E-state index contributed by atoms with van der Waals surface area (Å²) < 4.78 is 5.62. The van der Waals surface area contributed by atoms with Crippen LogP contribution < -0.4 is 10.1 Å². The van der Waals surface area contributed by atoms with Crippen molar-refractivity contribution in [2.45, 2.75) is 78.2 Å². The molecule has 1 aliphatic rings. The lowest BCUT2D eigenvalue weighted by Crippen LogP contribution is -2.27. The number of unbranched alkanes of at least 4 members (excludes halogenated alkanes) is 2. The maximum absolute atomic E-state index is 9.66. The Hall–Kier alpha value is -2.54. The Labute approximate surface area is 209 Å². The van der Waals surface area contributed by atoms with Crippen LogP contribution in [-0.4, -0.2) is 30.8 Å². The van der Waals surface area contributed by atoms with E-state index in [1.165, 1.54) is 51.9 Å². The van der Waals surface area contributed by atoms with Crippen LogP contribution in [0.3, 0.4) is 0 Å². The molecule has 1 amide bonds. The van der Waals surface area contributed by atoms with Gasteiger partial charge in [-0.2, -0.15) is 0 Å². The molecule has 1 atom stereocenters. The monoisotopic (exact) mass is 496 g/mol. The van der Waals surface area contributed by atoms with Crippen molar-refractivity contribution in [1.29, 1.82) is 0 Å². The number of amides is 1. The summed E-state index contributed by atoms with van der Waals surface area (Å²) in [5.74, 6) is 1.67. The van der Waals surface area contributed by atoms with E-state index in [2.05, 4.69) is 48.3 Å². The summed E-state index contributed by atoms with van der Waals surface area (Å²) in [5.41, 5.74) is 0. The molecule has 0 radical (unpaired) electrons. The number of hydrogen-bond acceptors (Lipinski definition) is 5. The second-order valence-electron chi connectivity index (χ2n) is 7.94. The van der Waals surface area contributed by atoms with Gasteiger partial charge in [0.15, 0.2) is 0 Å². The number of hydrogen-bond donors (Lipinski definition) is 1. The Morgan fingerprint density at radius 1 is 1.26 bits per heavy atom. The van der Waals surface area contributed by atoms with Gasteiger partial charge in [0.2, 0.25) is 6.41 Å². The number of ether oxygens (including phenoxy) is 1. The van der Waals surface area contributed by atoms with E-state index >= 15 is 0 Å². The van der Waals surface area contributed by atoms with E-state index in [0.29, 0.717) is 6.41 Å². The minimum absolute atomic E-state index is 0.143. The zero-order valence-corrected chi connectivity index (χ0v) is 21.5. The van der Waals surface area contributed by atoms with Gasteiger partial charge in [0, 0.05) is 11.6 Å². The van der Waals surface area contributed by atoms with Gasteiger partial charge in [-0.25, -0.2) is 0 Å². The van der Waals surface area contributed by atoms with Crippen molar-refractivity contribution >= 4 is 18.0 Å². The first-order valence-electron chi connectivity index (χ1n) is 12.1. The van der Waals surface area contributed by atoms with E-state index in [1.54, 1.807) is 0 Å². The first-order chi connectivity index (χ1) is 16.4. The molecule has 7 nitrogen and oxygen atoms in total. The molecular weight excluding hydrogens is 456 g/mol.